The Bertz CT molecular complexity index is 1150. The van der Waals surface area contributed by atoms with Crippen LogP contribution in [0.25, 0.3) is 0 Å². The lowest BCUT2D eigenvalue weighted by molar-refractivity contribution is -0.118. The minimum atomic E-state index is -0.341. The van der Waals surface area contributed by atoms with Gasteiger partial charge < -0.3 is 24.8 Å². The average Bonchev–Trinajstić information content (AvgIpc) is 2.85. The number of amides is 1. The number of benzene rings is 3. The fourth-order valence-electron chi connectivity index (χ4n) is 3.21. The Labute approximate surface area is 213 Å². The number of ether oxygens (including phenoxy) is 3. The van der Waals surface area contributed by atoms with Crippen molar-refractivity contribution in [3.05, 3.63) is 81.8 Å². The minimum absolute atomic E-state index is 0.148. The van der Waals surface area contributed by atoms with Gasteiger partial charge in [-0.3, -0.25) is 4.79 Å². The summed E-state index contributed by atoms with van der Waals surface area (Å²) in [5.41, 5.74) is 4.14. The highest BCUT2D eigenvalue weighted by Crippen LogP contribution is 2.34. The van der Waals surface area contributed by atoms with Crippen LogP contribution < -0.4 is 20.1 Å². The summed E-state index contributed by atoms with van der Waals surface area (Å²) in [6.45, 7) is 6.81. The van der Waals surface area contributed by atoms with E-state index in [1.54, 1.807) is 25.1 Å². The van der Waals surface area contributed by atoms with E-state index in [4.69, 9.17) is 14.2 Å². The Morgan fingerprint density at radius 3 is 2.17 bits per heavy atom. The molecule has 0 spiro atoms. The number of nitrogens with one attached hydrogen (secondary N) is 2. The molecule has 0 atom stereocenters. The van der Waals surface area contributed by atoms with Gasteiger partial charge >= 0.3 is 5.97 Å². The number of carbonyl (C=O) groups excluding carboxylic acids is 2. The first-order valence-corrected chi connectivity index (χ1v) is 12.1. The highest BCUT2D eigenvalue weighted by Gasteiger charge is 2.13. The van der Waals surface area contributed by atoms with Gasteiger partial charge in [-0.15, -0.1) is 0 Å². The zero-order valence-corrected chi connectivity index (χ0v) is 21.6. The van der Waals surface area contributed by atoms with Crippen molar-refractivity contribution in [1.82, 2.24) is 0 Å². The first kappa shape index (κ1) is 26.1. The summed E-state index contributed by atoms with van der Waals surface area (Å²) in [5.74, 6) is 0.421. The van der Waals surface area contributed by atoms with E-state index in [9.17, 15) is 9.59 Å². The Balaban J connectivity index is 1.63. The van der Waals surface area contributed by atoms with Crippen molar-refractivity contribution < 1.29 is 23.8 Å². The van der Waals surface area contributed by atoms with E-state index in [0.717, 1.165) is 21.3 Å². The summed E-state index contributed by atoms with van der Waals surface area (Å²) in [5, 5.41) is 6.15. The fraction of sp³-hybridized carbons (Fsp3) is 0.259. The van der Waals surface area contributed by atoms with Crippen LogP contribution in [0.5, 0.6) is 11.5 Å². The van der Waals surface area contributed by atoms with Gasteiger partial charge in [0.15, 0.2) is 18.1 Å². The molecule has 2 N–H and O–H groups in total. The van der Waals surface area contributed by atoms with Gasteiger partial charge in [0.25, 0.3) is 5.91 Å². The van der Waals surface area contributed by atoms with Gasteiger partial charge in [-0.25, -0.2) is 4.79 Å². The lowest BCUT2D eigenvalue weighted by Crippen LogP contribution is -2.20. The van der Waals surface area contributed by atoms with Crippen molar-refractivity contribution in [2.24, 2.45) is 0 Å². The molecule has 0 bridgehead atoms. The Morgan fingerprint density at radius 1 is 0.857 bits per heavy atom. The molecule has 0 saturated carbocycles. The van der Waals surface area contributed by atoms with E-state index in [-0.39, 0.29) is 18.5 Å². The normalized spacial score (nSPS) is 10.4. The van der Waals surface area contributed by atoms with Crippen molar-refractivity contribution in [3.8, 4) is 11.5 Å². The molecule has 0 aliphatic rings. The number of hydrogen-bond acceptors (Lipinski definition) is 6. The minimum Gasteiger partial charge on any atom is -0.490 e. The molecule has 184 valence electrons. The van der Waals surface area contributed by atoms with Crippen LogP contribution in [0.2, 0.25) is 0 Å². The maximum Gasteiger partial charge on any atom is 0.338 e. The van der Waals surface area contributed by atoms with Crippen molar-refractivity contribution >= 4 is 39.2 Å². The second kappa shape index (κ2) is 12.8. The molecular weight excluding hydrogens is 512 g/mol. The Kier molecular flexibility index (Phi) is 9.55. The van der Waals surface area contributed by atoms with Gasteiger partial charge in [0.2, 0.25) is 0 Å². The van der Waals surface area contributed by atoms with Crippen LogP contribution in [0.3, 0.4) is 0 Å². The second-order valence-corrected chi connectivity index (χ2v) is 8.53. The van der Waals surface area contributed by atoms with E-state index in [0.29, 0.717) is 42.5 Å². The molecule has 3 aromatic rings. The maximum absolute atomic E-state index is 12.3. The highest BCUT2D eigenvalue weighted by atomic mass is 79.9. The van der Waals surface area contributed by atoms with Gasteiger partial charge in [0.05, 0.1) is 18.8 Å². The third-order valence-electron chi connectivity index (χ3n) is 4.99. The summed E-state index contributed by atoms with van der Waals surface area (Å²) in [4.78, 5) is 24.1. The molecule has 0 aliphatic carbocycles. The summed E-state index contributed by atoms with van der Waals surface area (Å²) < 4.78 is 17.4. The molecule has 0 radical (unpaired) electrons. The predicted octanol–water partition coefficient (Wildman–Crippen LogP) is 5.96. The van der Waals surface area contributed by atoms with Gasteiger partial charge in [0.1, 0.15) is 0 Å². The number of halogens is 1. The highest BCUT2D eigenvalue weighted by molar-refractivity contribution is 9.10. The quantitative estimate of drug-likeness (QED) is 0.292. The fourth-order valence-corrected chi connectivity index (χ4v) is 3.67. The van der Waals surface area contributed by atoms with Gasteiger partial charge in [-0.2, -0.15) is 0 Å². The SMILES string of the molecule is CCOC(=O)c1ccc(NCc2cc(OCC)c(OCC(=O)Nc3ccc(C)cc3)cc2Br)cc1. The van der Waals surface area contributed by atoms with Crippen LogP contribution in [0.1, 0.15) is 35.3 Å². The number of hydrogen-bond donors (Lipinski definition) is 2. The zero-order valence-electron chi connectivity index (χ0n) is 20.0. The van der Waals surface area contributed by atoms with E-state index in [1.165, 1.54) is 0 Å². The molecule has 0 unspecified atom stereocenters. The van der Waals surface area contributed by atoms with Crippen LogP contribution in [0.15, 0.2) is 65.1 Å². The molecule has 3 rings (SSSR count). The first-order chi connectivity index (χ1) is 16.9. The molecule has 0 saturated heterocycles. The van der Waals surface area contributed by atoms with Crippen molar-refractivity contribution in [2.45, 2.75) is 27.3 Å². The second-order valence-electron chi connectivity index (χ2n) is 7.68. The Morgan fingerprint density at radius 2 is 1.51 bits per heavy atom. The molecule has 0 aliphatic heterocycles. The van der Waals surface area contributed by atoms with E-state index < -0.39 is 0 Å². The van der Waals surface area contributed by atoms with E-state index >= 15 is 0 Å². The van der Waals surface area contributed by atoms with E-state index in [2.05, 4.69) is 26.6 Å². The molecule has 0 fully saturated rings. The van der Waals surface area contributed by atoms with Crippen molar-refractivity contribution in [2.75, 3.05) is 30.5 Å². The van der Waals surface area contributed by atoms with Gasteiger partial charge in [0, 0.05) is 22.4 Å². The summed E-state index contributed by atoms with van der Waals surface area (Å²) in [6.07, 6.45) is 0. The largest absolute Gasteiger partial charge is 0.490 e. The monoisotopic (exact) mass is 540 g/mol. The van der Waals surface area contributed by atoms with Crippen LogP contribution in [0, 0.1) is 6.92 Å². The zero-order chi connectivity index (χ0) is 25.2. The van der Waals surface area contributed by atoms with Crippen LogP contribution in [0.4, 0.5) is 11.4 Å². The van der Waals surface area contributed by atoms with Crippen molar-refractivity contribution in [1.29, 1.82) is 0 Å². The number of rotatable bonds is 11. The molecule has 0 aromatic heterocycles. The lowest BCUT2D eigenvalue weighted by Gasteiger charge is -2.16. The van der Waals surface area contributed by atoms with Crippen LogP contribution >= 0.6 is 15.9 Å². The summed E-state index contributed by atoms with van der Waals surface area (Å²) >= 11 is 3.58. The maximum atomic E-state index is 12.3. The molecular formula is C27H29BrN2O5. The first-order valence-electron chi connectivity index (χ1n) is 11.3. The Hall–Kier alpha value is -3.52. The predicted molar refractivity (Wildman–Crippen MR) is 140 cm³/mol. The molecule has 3 aromatic carbocycles. The smallest absolute Gasteiger partial charge is 0.338 e. The molecule has 0 heterocycles. The molecule has 8 heteroatoms. The average molecular weight is 541 g/mol. The standard InChI is InChI=1S/C27H29BrN2O5/c1-4-33-24-14-20(16-29-21-12-8-19(9-13-21)27(32)34-5-2)23(28)15-25(24)35-17-26(31)30-22-10-6-18(3)7-11-22/h6-15,29H,4-5,16-17H2,1-3H3,(H,30,31). The number of carbonyl (C=O) groups is 2. The van der Waals surface area contributed by atoms with Gasteiger partial charge in [-0.05, 0) is 74.9 Å². The van der Waals surface area contributed by atoms with Gasteiger partial charge in [-0.1, -0.05) is 33.6 Å². The lowest BCUT2D eigenvalue weighted by atomic mass is 10.1. The molecule has 7 nitrogen and oxygen atoms in total. The number of anilines is 2. The molecule has 35 heavy (non-hydrogen) atoms. The third-order valence-corrected chi connectivity index (χ3v) is 5.72. The van der Waals surface area contributed by atoms with E-state index in [1.807, 2.05) is 56.3 Å². The topological polar surface area (TPSA) is 85.9 Å². The van der Waals surface area contributed by atoms with Crippen molar-refractivity contribution in [3.63, 3.8) is 0 Å². The third kappa shape index (κ3) is 7.75. The number of aryl methyl sites for hydroxylation is 1. The summed E-state index contributed by atoms with van der Waals surface area (Å²) in [6, 6.07) is 18.3. The summed E-state index contributed by atoms with van der Waals surface area (Å²) in [7, 11) is 0. The molecule has 1 amide bonds. The van der Waals surface area contributed by atoms with Crippen LogP contribution in [-0.2, 0) is 16.1 Å². The van der Waals surface area contributed by atoms with Crippen LogP contribution in [-0.4, -0.2) is 31.7 Å². The number of esters is 1.